The minimum atomic E-state index is 0.697. The van der Waals surface area contributed by atoms with Gasteiger partial charge in [0, 0.05) is 6.04 Å². The average molecular weight is 255 g/mol. The Kier molecular flexibility index (Phi) is 2.93. The molecule has 0 amide bonds. The lowest BCUT2D eigenvalue weighted by Gasteiger charge is -2.27. The van der Waals surface area contributed by atoms with Crippen molar-refractivity contribution in [3.8, 4) is 0 Å². The van der Waals surface area contributed by atoms with Crippen molar-refractivity contribution in [2.75, 3.05) is 19.8 Å². The molecule has 1 fully saturated rings. The second-order valence-corrected chi connectivity index (χ2v) is 5.98. The topological polar surface area (TPSA) is 21.3 Å². The van der Waals surface area contributed by atoms with Crippen molar-refractivity contribution in [3.63, 3.8) is 0 Å². The van der Waals surface area contributed by atoms with Crippen LogP contribution in [0.1, 0.15) is 41.9 Å². The van der Waals surface area contributed by atoms with Gasteiger partial charge in [-0.15, -0.1) is 0 Å². The molecule has 4 rings (SSSR count). The van der Waals surface area contributed by atoms with Gasteiger partial charge >= 0.3 is 0 Å². The van der Waals surface area contributed by atoms with Crippen LogP contribution in [0.25, 0.3) is 5.57 Å². The van der Waals surface area contributed by atoms with Gasteiger partial charge in [-0.25, -0.2) is 0 Å². The van der Waals surface area contributed by atoms with E-state index in [0.29, 0.717) is 6.04 Å². The van der Waals surface area contributed by atoms with Crippen molar-refractivity contribution >= 4 is 5.57 Å². The number of ether oxygens (including phenoxy) is 1. The van der Waals surface area contributed by atoms with Crippen LogP contribution in [0.15, 0.2) is 24.3 Å². The third-order valence-electron chi connectivity index (χ3n) is 4.90. The first kappa shape index (κ1) is 11.7. The van der Waals surface area contributed by atoms with E-state index < -0.39 is 0 Å². The van der Waals surface area contributed by atoms with Gasteiger partial charge in [-0.2, -0.15) is 0 Å². The second-order valence-electron chi connectivity index (χ2n) is 5.98. The molecule has 1 aromatic rings. The van der Waals surface area contributed by atoms with Crippen LogP contribution in [0.4, 0.5) is 0 Å². The number of benzene rings is 1. The van der Waals surface area contributed by atoms with Crippen molar-refractivity contribution in [1.29, 1.82) is 0 Å². The molecule has 0 bridgehead atoms. The fourth-order valence-corrected chi connectivity index (χ4v) is 3.89. The molecule has 1 aromatic carbocycles. The van der Waals surface area contributed by atoms with E-state index in [1.54, 1.807) is 11.1 Å². The second kappa shape index (κ2) is 4.77. The number of hydrogen-bond acceptors (Lipinski definition) is 2. The highest BCUT2D eigenvalue weighted by atomic mass is 16.5. The molecule has 1 saturated heterocycles. The lowest BCUT2D eigenvalue weighted by molar-refractivity contribution is 0.161. The van der Waals surface area contributed by atoms with E-state index in [2.05, 4.69) is 29.6 Å². The van der Waals surface area contributed by atoms with E-state index in [0.717, 1.165) is 25.6 Å². The molecular weight excluding hydrogens is 234 g/mol. The van der Waals surface area contributed by atoms with Crippen LogP contribution in [0.5, 0.6) is 0 Å². The van der Waals surface area contributed by atoms with Gasteiger partial charge in [0.1, 0.15) is 0 Å². The summed E-state index contributed by atoms with van der Waals surface area (Å²) >= 11 is 0. The van der Waals surface area contributed by atoms with Crippen molar-refractivity contribution in [2.45, 2.75) is 37.6 Å². The van der Waals surface area contributed by atoms with Crippen molar-refractivity contribution in [2.24, 2.45) is 0 Å². The SMILES string of the molecule is C1=C(c2ccc3c(c2)[C@@H]2CCCN[C@@H]2C3)CCOC1. The minimum absolute atomic E-state index is 0.697. The fraction of sp³-hybridized carbons (Fsp3) is 0.529. The third-order valence-corrected chi connectivity index (χ3v) is 4.90. The van der Waals surface area contributed by atoms with Gasteiger partial charge in [-0.3, -0.25) is 0 Å². The van der Waals surface area contributed by atoms with Crippen LogP contribution in [0, 0.1) is 0 Å². The van der Waals surface area contributed by atoms with E-state index >= 15 is 0 Å². The van der Waals surface area contributed by atoms with Crippen LogP contribution in [0.3, 0.4) is 0 Å². The van der Waals surface area contributed by atoms with Gasteiger partial charge in [-0.1, -0.05) is 24.3 Å². The summed E-state index contributed by atoms with van der Waals surface area (Å²) in [4.78, 5) is 0. The summed E-state index contributed by atoms with van der Waals surface area (Å²) in [6.07, 6.45) is 7.21. The molecule has 19 heavy (non-hydrogen) atoms. The standard InChI is InChI=1S/C17H21NO/c1-2-15-16-10-13(12-5-8-19-9-6-12)3-4-14(16)11-17(15)18-7-1/h3-5,10,15,17-18H,1-2,6-9,11H2/t15-,17+/m0/s1. The Morgan fingerprint density at radius 2 is 2.26 bits per heavy atom. The number of piperidine rings is 1. The Morgan fingerprint density at radius 3 is 3.16 bits per heavy atom. The van der Waals surface area contributed by atoms with E-state index in [1.807, 2.05) is 0 Å². The first-order valence-electron chi connectivity index (χ1n) is 7.55. The van der Waals surface area contributed by atoms with Gasteiger partial charge in [0.05, 0.1) is 13.2 Å². The summed E-state index contributed by atoms with van der Waals surface area (Å²) in [5.74, 6) is 0.754. The van der Waals surface area contributed by atoms with E-state index in [1.165, 1.54) is 36.9 Å². The Labute approximate surface area is 114 Å². The molecule has 2 atom stereocenters. The molecule has 0 unspecified atom stereocenters. The number of fused-ring (bicyclic) bond motifs is 3. The van der Waals surface area contributed by atoms with Gasteiger partial charge in [0.2, 0.25) is 0 Å². The molecule has 100 valence electrons. The molecule has 2 nitrogen and oxygen atoms in total. The number of hydrogen-bond donors (Lipinski definition) is 1. The van der Waals surface area contributed by atoms with Crippen LogP contribution >= 0.6 is 0 Å². The molecule has 0 radical (unpaired) electrons. The van der Waals surface area contributed by atoms with Crippen LogP contribution < -0.4 is 5.32 Å². The Morgan fingerprint density at radius 1 is 1.26 bits per heavy atom. The fourth-order valence-electron chi connectivity index (χ4n) is 3.89. The summed E-state index contributed by atoms with van der Waals surface area (Å²) < 4.78 is 5.41. The molecule has 2 heteroatoms. The highest BCUT2D eigenvalue weighted by molar-refractivity contribution is 5.68. The molecule has 1 aliphatic carbocycles. The summed E-state index contributed by atoms with van der Waals surface area (Å²) in [5.41, 5.74) is 6.08. The molecule has 2 heterocycles. The zero-order valence-electron chi connectivity index (χ0n) is 11.3. The molecular formula is C17H21NO. The zero-order chi connectivity index (χ0) is 12.7. The predicted molar refractivity (Wildman–Crippen MR) is 77.3 cm³/mol. The summed E-state index contributed by atoms with van der Waals surface area (Å²) in [5, 5.41) is 3.69. The van der Waals surface area contributed by atoms with Crippen molar-refractivity contribution < 1.29 is 4.74 Å². The van der Waals surface area contributed by atoms with Gasteiger partial charge in [0.25, 0.3) is 0 Å². The lowest BCUT2D eigenvalue weighted by atomic mass is 9.88. The smallest absolute Gasteiger partial charge is 0.0653 e. The van der Waals surface area contributed by atoms with Crippen LogP contribution in [-0.4, -0.2) is 25.8 Å². The summed E-state index contributed by atoms with van der Waals surface area (Å²) in [6, 6.07) is 7.83. The predicted octanol–water partition coefficient (Wildman–Crippen LogP) is 2.88. The monoisotopic (exact) mass is 255 g/mol. The van der Waals surface area contributed by atoms with Gasteiger partial charge in [-0.05, 0) is 60.4 Å². The van der Waals surface area contributed by atoms with Gasteiger partial charge in [0.15, 0.2) is 0 Å². The largest absolute Gasteiger partial charge is 0.377 e. The maximum absolute atomic E-state index is 5.41. The summed E-state index contributed by atoms with van der Waals surface area (Å²) in [7, 11) is 0. The third kappa shape index (κ3) is 2.03. The van der Waals surface area contributed by atoms with Crippen LogP contribution in [0.2, 0.25) is 0 Å². The molecule has 1 N–H and O–H groups in total. The minimum Gasteiger partial charge on any atom is -0.377 e. The number of nitrogens with one attached hydrogen (secondary N) is 1. The Balaban J connectivity index is 1.69. The quantitative estimate of drug-likeness (QED) is 0.833. The maximum atomic E-state index is 5.41. The van der Waals surface area contributed by atoms with Crippen LogP contribution in [-0.2, 0) is 11.2 Å². The highest BCUT2D eigenvalue weighted by Gasteiger charge is 2.34. The van der Waals surface area contributed by atoms with Crippen molar-refractivity contribution in [1.82, 2.24) is 5.32 Å². The lowest BCUT2D eigenvalue weighted by Crippen LogP contribution is -2.37. The van der Waals surface area contributed by atoms with E-state index in [4.69, 9.17) is 4.74 Å². The summed E-state index contributed by atoms with van der Waals surface area (Å²) in [6.45, 7) is 2.85. The van der Waals surface area contributed by atoms with Crippen molar-refractivity contribution in [3.05, 3.63) is 41.0 Å². The highest BCUT2D eigenvalue weighted by Crippen LogP contribution is 2.40. The van der Waals surface area contributed by atoms with E-state index in [9.17, 15) is 0 Å². The molecule has 2 aliphatic heterocycles. The Hall–Kier alpha value is -1.12. The first-order chi connectivity index (χ1) is 9.42. The Bertz CT molecular complexity index is 520. The van der Waals surface area contributed by atoms with Gasteiger partial charge < -0.3 is 10.1 Å². The number of rotatable bonds is 1. The first-order valence-corrected chi connectivity index (χ1v) is 7.55. The molecule has 0 saturated carbocycles. The zero-order valence-corrected chi connectivity index (χ0v) is 11.3. The van der Waals surface area contributed by atoms with E-state index in [-0.39, 0.29) is 0 Å². The molecule has 0 spiro atoms. The normalized spacial score (nSPS) is 29.6. The average Bonchev–Trinajstić information content (AvgIpc) is 2.86. The maximum Gasteiger partial charge on any atom is 0.0653 e. The molecule has 3 aliphatic rings. The molecule has 0 aromatic heterocycles.